The lowest BCUT2D eigenvalue weighted by Crippen LogP contribution is -2.44. The van der Waals surface area contributed by atoms with E-state index in [-0.39, 0.29) is 20.4 Å². The van der Waals surface area contributed by atoms with Gasteiger partial charge in [-0.05, 0) is 24.6 Å². The molecule has 0 saturated carbocycles. The second-order valence-electron chi connectivity index (χ2n) is 5.22. The molecular weight excluding hydrogens is 316 g/mol. The molecule has 1 aliphatic heterocycles. The van der Waals surface area contributed by atoms with Gasteiger partial charge in [-0.3, -0.25) is 0 Å². The van der Waals surface area contributed by atoms with Crippen LogP contribution in [0.5, 0.6) is 0 Å². The van der Waals surface area contributed by atoms with Crippen molar-refractivity contribution in [1.29, 1.82) is 0 Å². The highest BCUT2D eigenvalue weighted by molar-refractivity contribution is 8.00. The van der Waals surface area contributed by atoms with E-state index in [1.165, 1.54) is 10.4 Å². The van der Waals surface area contributed by atoms with Gasteiger partial charge in [0.05, 0.1) is 5.02 Å². The van der Waals surface area contributed by atoms with Gasteiger partial charge in [-0.2, -0.15) is 16.1 Å². The lowest BCUT2D eigenvalue weighted by atomic mass is 10.2. The Labute approximate surface area is 129 Å². The Kier molecular flexibility index (Phi) is 4.59. The molecule has 0 aliphatic carbocycles. The highest BCUT2D eigenvalue weighted by Crippen LogP contribution is 2.33. The number of nitrogen functional groups attached to an aromatic ring is 1. The molecule has 0 aromatic heterocycles. The Morgan fingerprint density at radius 2 is 1.85 bits per heavy atom. The molecule has 1 heterocycles. The molecule has 7 heteroatoms. The van der Waals surface area contributed by atoms with Crippen molar-refractivity contribution in [2.24, 2.45) is 0 Å². The Bertz CT molecular complexity index is 609. The third-order valence-electron chi connectivity index (χ3n) is 3.32. The van der Waals surface area contributed by atoms with Gasteiger partial charge in [0.2, 0.25) is 10.0 Å². The summed E-state index contributed by atoms with van der Waals surface area (Å²) in [5, 5.41) is 0.778. The lowest BCUT2D eigenvalue weighted by Gasteiger charge is -2.33. The van der Waals surface area contributed by atoms with Crippen LogP contribution in [-0.2, 0) is 10.0 Å². The molecule has 0 radical (unpaired) electrons. The maximum absolute atomic E-state index is 12.7. The number of nitrogens with two attached hydrogens (primary N) is 1. The quantitative estimate of drug-likeness (QED) is 0.845. The monoisotopic (exact) mass is 334 g/mol. The third kappa shape index (κ3) is 3.08. The molecule has 2 rings (SSSR count). The van der Waals surface area contributed by atoms with Crippen molar-refractivity contribution < 1.29 is 8.42 Å². The first-order valence-corrected chi connectivity index (χ1v) is 9.19. The predicted octanol–water partition coefficient (Wildman–Crippen LogP) is 2.75. The van der Waals surface area contributed by atoms with Crippen LogP contribution >= 0.6 is 23.4 Å². The topological polar surface area (TPSA) is 63.4 Å². The van der Waals surface area contributed by atoms with Crippen molar-refractivity contribution in [1.82, 2.24) is 4.31 Å². The van der Waals surface area contributed by atoms with Gasteiger partial charge >= 0.3 is 0 Å². The highest BCUT2D eigenvalue weighted by Gasteiger charge is 2.33. The van der Waals surface area contributed by atoms with Gasteiger partial charge in [-0.25, -0.2) is 8.42 Å². The molecule has 0 bridgehead atoms. The molecule has 4 nitrogen and oxygen atoms in total. The Hall–Kier alpha value is -0.430. The van der Waals surface area contributed by atoms with E-state index < -0.39 is 10.0 Å². The summed E-state index contributed by atoms with van der Waals surface area (Å²) in [6.07, 6.45) is 0. The lowest BCUT2D eigenvalue weighted by molar-refractivity contribution is 0.405. The number of halogens is 1. The summed E-state index contributed by atoms with van der Waals surface area (Å²) in [5.41, 5.74) is 7.05. The number of thioether (sulfide) groups is 1. The van der Waals surface area contributed by atoms with E-state index in [1.54, 1.807) is 24.8 Å². The van der Waals surface area contributed by atoms with E-state index in [4.69, 9.17) is 17.3 Å². The van der Waals surface area contributed by atoms with Crippen LogP contribution in [0.4, 0.5) is 5.69 Å². The summed E-state index contributed by atoms with van der Waals surface area (Å²) in [4.78, 5) is 0.105. The molecule has 112 valence electrons. The molecule has 0 spiro atoms. The minimum atomic E-state index is -3.59. The highest BCUT2D eigenvalue weighted by atomic mass is 35.5. The number of hydrogen-bond donors (Lipinski definition) is 1. The van der Waals surface area contributed by atoms with Crippen molar-refractivity contribution in [2.45, 2.75) is 36.2 Å². The number of nitrogens with zero attached hydrogens (tertiary/aromatic N) is 1. The van der Waals surface area contributed by atoms with Gasteiger partial charge < -0.3 is 5.73 Å². The normalized spacial score (nSPS) is 24.8. The van der Waals surface area contributed by atoms with Gasteiger partial charge in [-0.1, -0.05) is 25.4 Å². The van der Waals surface area contributed by atoms with Gasteiger partial charge in [0, 0.05) is 29.3 Å². The van der Waals surface area contributed by atoms with E-state index in [0.717, 1.165) is 5.56 Å². The second-order valence-corrected chi connectivity index (χ2v) is 9.41. The van der Waals surface area contributed by atoms with Crippen LogP contribution in [0.25, 0.3) is 0 Å². The van der Waals surface area contributed by atoms with Crippen LogP contribution in [-0.4, -0.2) is 36.3 Å². The first-order chi connectivity index (χ1) is 9.21. The first-order valence-electron chi connectivity index (χ1n) is 6.43. The summed E-state index contributed by atoms with van der Waals surface area (Å²) in [6, 6.07) is 3.07. The SMILES string of the molecule is Cc1cc(Cl)c(S(=O)(=O)N2CC(C)SC(C)C2)cc1N. The Morgan fingerprint density at radius 3 is 2.40 bits per heavy atom. The Balaban J connectivity index is 2.42. The molecule has 20 heavy (non-hydrogen) atoms. The maximum Gasteiger partial charge on any atom is 0.244 e. The van der Waals surface area contributed by atoms with E-state index >= 15 is 0 Å². The van der Waals surface area contributed by atoms with Crippen LogP contribution in [0.3, 0.4) is 0 Å². The summed E-state index contributed by atoms with van der Waals surface area (Å²) in [7, 11) is -3.59. The van der Waals surface area contributed by atoms with Crippen LogP contribution < -0.4 is 5.73 Å². The zero-order chi connectivity index (χ0) is 15.1. The number of benzene rings is 1. The van der Waals surface area contributed by atoms with Gasteiger partial charge in [-0.15, -0.1) is 0 Å². The van der Waals surface area contributed by atoms with Crippen LogP contribution in [0, 0.1) is 6.92 Å². The van der Waals surface area contributed by atoms with Gasteiger partial charge in [0.25, 0.3) is 0 Å². The summed E-state index contributed by atoms with van der Waals surface area (Å²) < 4.78 is 27.0. The zero-order valence-corrected chi connectivity index (χ0v) is 14.1. The van der Waals surface area contributed by atoms with Gasteiger partial charge in [0.15, 0.2) is 0 Å². The number of aryl methyl sites for hydroxylation is 1. The van der Waals surface area contributed by atoms with Gasteiger partial charge in [0.1, 0.15) is 4.90 Å². The third-order valence-corrected chi connectivity index (χ3v) is 6.85. The summed E-state index contributed by atoms with van der Waals surface area (Å²) >= 11 is 7.91. The average molecular weight is 335 g/mol. The molecule has 0 amide bonds. The van der Waals surface area contributed by atoms with Crippen molar-refractivity contribution in [3.05, 3.63) is 22.7 Å². The standard InChI is InChI=1S/C13H19ClN2O2S2/c1-8-4-11(14)13(5-12(8)15)20(17,18)16-6-9(2)19-10(3)7-16/h4-5,9-10H,6-7,15H2,1-3H3. The fraction of sp³-hybridized carbons (Fsp3) is 0.538. The molecule has 2 atom stereocenters. The van der Waals surface area contributed by atoms with Crippen molar-refractivity contribution >= 4 is 39.1 Å². The minimum absolute atomic E-state index is 0.105. The first kappa shape index (κ1) is 15.9. The predicted molar refractivity (Wildman–Crippen MR) is 85.9 cm³/mol. The number of anilines is 1. The van der Waals surface area contributed by atoms with E-state index in [2.05, 4.69) is 0 Å². The number of sulfonamides is 1. The molecule has 1 aromatic rings. The molecule has 1 saturated heterocycles. The zero-order valence-electron chi connectivity index (χ0n) is 11.8. The van der Waals surface area contributed by atoms with Crippen LogP contribution in [0.15, 0.2) is 17.0 Å². The van der Waals surface area contributed by atoms with Crippen LogP contribution in [0.1, 0.15) is 19.4 Å². The minimum Gasteiger partial charge on any atom is -0.398 e. The number of hydrogen-bond acceptors (Lipinski definition) is 4. The van der Waals surface area contributed by atoms with E-state index in [1.807, 2.05) is 13.8 Å². The fourth-order valence-electron chi connectivity index (χ4n) is 2.33. The van der Waals surface area contributed by atoms with E-state index in [0.29, 0.717) is 18.8 Å². The van der Waals surface area contributed by atoms with Crippen LogP contribution in [0.2, 0.25) is 5.02 Å². The summed E-state index contributed by atoms with van der Waals surface area (Å²) in [6.45, 7) is 6.88. The van der Waals surface area contributed by atoms with Crippen molar-refractivity contribution in [3.8, 4) is 0 Å². The maximum atomic E-state index is 12.7. The molecular formula is C13H19ClN2O2S2. The molecule has 1 fully saturated rings. The van der Waals surface area contributed by atoms with Crippen molar-refractivity contribution in [2.75, 3.05) is 18.8 Å². The largest absolute Gasteiger partial charge is 0.398 e. The molecule has 2 unspecified atom stereocenters. The number of rotatable bonds is 2. The van der Waals surface area contributed by atoms with Crippen molar-refractivity contribution in [3.63, 3.8) is 0 Å². The molecule has 2 N–H and O–H groups in total. The molecule has 1 aromatic carbocycles. The fourth-order valence-corrected chi connectivity index (χ4v) is 6.06. The smallest absolute Gasteiger partial charge is 0.244 e. The summed E-state index contributed by atoms with van der Waals surface area (Å²) in [5.74, 6) is 0. The second kappa shape index (κ2) is 5.75. The van der Waals surface area contributed by atoms with E-state index in [9.17, 15) is 8.42 Å². The Morgan fingerprint density at radius 1 is 1.30 bits per heavy atom. The average Bonchev–Trinajstić information content (AvgIpc) is 2.32. The molecule has 1 aliphatic rings.